The van der Waals surface area contributed by atoms with E-state index >= 15 is 0 Å². The molecule has 0 bridgehead atoms. The summed E-state index contributed by atoms with van der Waals surface area (Å²) in [6.07, 6.45) is 1.64. The van der Waals surface area contributed by atoms with Crippen LogP contribution in [0.2, 0.25) is 0 Å². The van der Waals surface area contributed by atoms with E-state index in [1.54, 1.807) is 56.7 Å². The van der Waals surface area contributed by atoms with Crippen LogP contribution in [0, 0.1) is 0 Å². The number of hydrogen-bond acceptors (Lipinski definition) is 9. The summed E-state index contributed by atoms with van der Waals surface area (Å²) in [4.78, 5) is 44.4. The standard InChI is InChI=1S/C34H30N4O5S3/c1-21(31(39)38-34-37-28(20-45-34)24-9-14-29(42-2)30(18-24)43-3)46-26-12-10-25(11-13-26)35-33(41)27(17-22-15-16-44-19-22)36-32(40)23-7-5-4-6-8-23/h4-21H,1-3H3,(H,35,41)(H,36,40)(H,37,38,39)/b27-17-. The summed E-state index contributed by atoms with van der Waals surface area (Å²) in [5.74, 6) is 0.192. The SMILES string of the molecule is COc1ccc(-c2csc(NC(=O)C(C)Sc3ccc(NC(=O)/C(=C/c4ccsc4)NC(=O)c4ccccc4)cc3)n2)cc1OC. The fraction of sp³-hybridized carbons (Fsp3) is 0.118. The Bertz CT molecular complexity index is 1840. The minimum Gasteiger partial charge on any atom is -0.493 e. The number of nitrogens with zero attached hydrogens (tertiary/aromatic N) is 1. The third kappa shape index (κ3) is 8.42. The molecule has 0 saturated heterocycles. The molecule has 0 aliphatic heterocycles. The molecule has 46 heavy (non-hydrogen) atoms. The second-order valence-corrected chi connectivity index (χ2v) is 12.8. The van der Waals surface area contributed by atoms with Gasteiger partial charge in [0.15, 0.2) is 16.6 Å². The van der Waals surface area contributed by atoms with Gasteiger partial charge in [-0.3, -0.25) is 14.4 Å². The van der Waals surface area contributed by atoms with Gasteiger partial charge in [0, 0.05) is 27.1 Å². The molecular weight excluding hydrogens is 641 g/mol. The van der Waals surface area contributed by atoms with Crippen molar-refractivity contribution in [1.82, 2.24) is 10.3 Å². The number of carbonyl (C=O) groups excluding carboxylic acids is 3. The maximum Gasteiger partial charge on any atom is 0.272 e. The van der Waals surface area contributed by atoms with Crippen LogP contribution in [0.15, 0.2) is 106 Å². The Balaban J connectivity index is 1.18. The second-order valence-electron chi connectivity index (χ2n) is 9.77. The number of ether oxygens (including phenoxy) is 2. The Morgan fingerprint density at radius 3 is 2.35 bits per heavy atom. The van der Waals surface area contributed by atoms with E-state index in [1.165, 1.54) is 34.4 Å². The average molecular weight is 671 g/mol. The van der Waals surface area contributed by atoms with Gasteiger partial charge in [-0.25, -0.2) is 4.98 Å². The number of thiazole rings is 1. The van der Waals surface area contributed by atoms with Gasteiger partial charge in [0.2, 0.25) is 5.91 Å². The lowest BCUT2D eigenvalue weighted by Crippen LogP contribution is -2.30. The summed E-state index contributed by atoms with van der Waals surface area (Å²) < 4.78 is 10.7. The molecular formula is C34H30N4O5S3. The maximum atomic E-state index is 13.2. The average Bonchev–Trinajstić information content (AvgIpc) is 3.78. The minimum absolute atomic E-state index is 0.118. The van der Waals surface area contributed by atoms with Gasteiger partial charge in [0.05, 0.1) is 25.2 Å². The molecule has 2 aromatic heterocycles. The van der Waals surface area contributed by atoms with Gasteiger partial charge < -0.3 is 25.4 Å². The van der Waals surface area contributed by atoms with Crippen molar-refractivity contribution in [2.24, 2.45) is 0 Å². The number of thioether (sulfide) groups is 1. The van der Waals surface area contributed by atoms with Crippen molar-refractivity contribution in [1.29, 1.82) is 0 Å². The van der Waals surface area contributed by atoms with Gasteiger partial charge in [0.1, 0.15) is 5.70 Å². The first-order chi connectivity index (χ1) is 22.3. The highest BCUT2D eigenvalue weighted by Gasteiger charge is 2.18. The summed E-state index contributed by atoms with van der Waals surface area (Å²) in [6.45, 7) is 1.81. The van der Waals surface area contributed by atoms with Crippen LogP contribution in [0.5, 0.6) is 11.5 Å². The quantitative estimate of drug-likeness (QED) is 0.0934. The zero-order valence-electron chi connectivity index (χ0n) is 25.1. The molecule has 3 N–H and O–H groups in total. The molecule has 0 spiro atoms. The Hall–Kier alpha value is -4.91. The lowest BCUT2D eigenvalue weighted by Gasteiger charge is -2.13. The molecule has 5 rings (SSSR count). The van der Waals surface area contributed by atoms with Crippen molar-refractivity contribution < 1.29 is 23.9 Å². The van der Waals surface area contributed by atoms with Crippen LogP contribution in [-0.2, 0) is 9.59 Å². The fourth-order valence-electron chi connectivity index (χ4n) is 4.21. The molecule has 1 unspecified atom stereocenters. The van der Waals surface area contributed by atoms with Crippen LogP contribution < -0.4 is 25.4 Å². The van der Waals surface area contributed by atoms with Crippen molar-refractivity contribution in [3.63, 3.8) is 0 Å². The van der Waals surface area contributed by atoms with Crippen LogP contribution >= 0.6 is 34.4 Å². The van der Waals surface area contributed by atoms with E-state index < -0.39 is 11.2 Å². The summed E-state index contributed by atoms with van der Waals surface area (Å²) in [5.41, 5.74) is 3.47. The predicted octanol–water partition coefficient (Wildman–Crippen LogP) is 7.42. The third-order valence-electron chi connectivity index (χ3n) is 6.59. The van der Waals surface area contributed by atoms with Gasteiger partial charge in [-0.05, 0) is 90.0 Å². The molecule has 12 heteroatoms. The Kier molecular flexibility index (Phi) is 10.9. The molecule has 0 saturated carbocycles. The van der Waals surface area contributed by atoms with Crippen LogP contribution in [0.3, 0.4) is 0 Å². The highest BCUT2D eigenvalue weighted by atomic mass is 32.2. The summed E-state index contributed by atoms with van der Waals surface area (Å²) in [6, 6.07) is 23.3. The number of hydrogen-bond donors (Lipinski definition) is 3. The van der Waals surface area contributed by atoms with Gasteiger partial charge in [0.25, 0.3) is 11.8 Å². The molecule has 0 fully saturated rings. The topological polar surface area (TPSA) is 119 Å². The first kappa shape index (κ1) is 32.5. The van der Waals surface area contributed by atoms with E-state index in [-0.39, 0.29) is 17.5 Å². The van der Waals surface area contributed by atoms with Gasteiger partial charge in [-0.1, -0.05) is 18.2 Å². The minimum atomic E-state index is -0.459. The number of rotatable bonds is 12. The summed E-state index contributed by atoms with van der Waals surface area (Å²) in [5, 5.41) is 14.2. The van der Waals surface area contributed by atoms with Crippen LogP contribution in [0.25, 0.3) is 17.3 Å². The van der Waals surface area contributed by atoms with Crippen molar-refractivity contribution in [2.75, 3.05) is 24.9 Å². The second kappa shape index (κ2) is 15.4. The molecule has 0 aliphatic rings. The zero-order valence-corrected chi connectivity index (χ0v) is 27.6. The van der Waals surface area contributed by atoms with E-state index in [4.69, 9.17) is 9.47 Å². The monoisotopic (exact) mass is 670 g/mol. The molecule has 5 aromatic rings. The molecule has 3 amide bonds. The Morgan fingerprint density at radius 1 is 0.891 bits per heavy atom. The number of amides is 3. The number of aromatic nitrogens is 1. The molecule has 234 valence electrons. The molecule has 2 heterocycles. The van der Waals surface area contributed by atoms with Crippen LogP contribution in [0.1, 0.15) is 22.8 Å². The van der Waals surface area contributed by atoms with Gasteiger partial charge in [-0.2, -0.15) is 11.3 Å². The molecule has 1 atom stereocenters. The Labute approximate surface area is 278 Å². The normalized spacial score (nSPS) is 11.8. The molecule has 0 radical (unpaired) electrons. The predicted molar refractivity (Wildman–Crippen MR) is 186 cm³/mol. The number of methoxy groups -OCH3 is 2. The third-order valence-corrected chi connectivity index (χ3v) is 9.16. The lowest BCUT2D eigenvalue weighted by molar-refractivity contribution is -0.115. The number of benzene rings is 3. The van der Waals surface area contributed by atoms with E-state index in [1.807, 2.05) is 65.5 Å². The fourth-order valence-corrected chi connectivity index (χ4v) is 6.41. The molecule has 3 aromatic carbocycles. The number of anilines is 2. The van der Waals surface area contributed by atoms with Crippen LogP contribution in [0.4, 0.5) is 10.8 Å². The summed E-state index contributed by atoms with van der Waals surface area (Å²) >= 11 is 4.21. The first-order valence-corrected chi connectivity index (χ1v) is 16.7. The first-order valence-electron chi connectivity index (χ1n) is 14.0. The van der Waals surface area contributed by atoms with E-state index in [0.717, 1.165) is 16.0 Å². The van der Waals surface area contributed by atoms with Gasteiger partial charge in [-0.15, -0.1) is 23.1 Å². The number of nitrogens with one attached hydrogen (secondary N) is 3. The van der Waals surface area contributed by atoms with Crippen molar-refractivity contribution >= 4 is 69.1 Å². The van der Waals surface area contributed by atoms with Crippen molar-refractivity contribution in [3.05, 3.63) is 112 Å². The lowest BCUT2D eigenvalue weighted by atomic mass is 10.1. The Morgan fingerprint density at radius 2 is 1.65 bits per heavy atom. The maximum absolute atomic E-state index is 13.2. The smallest absolute Gasteiger partial charge is 0.272 e. The van der Waals surface area contributed by atoms with E-state index in [2.05, 4.69) is 20.9 Å². The summed E-state index contributed by atoms with van der Waals surface area (Å²) in [7, 11) is 3.16. The van der Waals surface area contributed by atoms with Crippen molar-refractivity contribution in [3.8, 4) is 22.8 Å². The van der Waals surface area contributed by atoms with E-state index in [9.17, 15) is 14.4 Å². The largest absolute Gasteiger partial charge is 0.493 e. The highest BCUT2D eigenvalue weighted by molar-refractivity contribution is 8.00. The zero-order chi connectivity index (χ0) is 32.5. The van der Waals surface area contributed by atoms with Crippen molar-refractivity contribution in [2.45, 2.75) is 17.1 Å². The molecule has 0 aliphatic carbocycles. The number of thiophene rings is 1. The highest BCUT2D eigenvalue weighted by Crippen LogP contribution is 2.34. The van der Waals surface area contributed by atoms with Crippen LogP contribution in [-0.4, -0.2) is 42.2 Å². The van der Waals surface area contributed by atoms with E-state index in [0.29, 0.717) is 33.6 Å². The number of carbonyl (C=O) groups is 3. The molecule has 9 nitrogen and oxygen atoms in total. The van der Waals surface area contributed by atoms with Gasteiger partial charge >= 0.3 is 0 Å².